The maximum Gasteiger partial charge on any atom is 0.230 e. The van der Waals surface area contributed by atoms with E-state index in [0.29, 0.717) is 5.92 Å². The Morgan fingerprint density at radius 2 is 2.50 bits per heavy atom. The summed E-state index contributed by atoms with van der Waals surface area (Å²) < 4.78 is 5.26. The van der Waals surface area contributed by atoms with Crippen LogP contribution in [-0.4, -0.2) is 28.7 Å². The Morgan fingerprint density at radius 3 is 3.14 bits per heavy atom. The fourth-order valence-electron chi connectivity index (χ4n) is 1.45. The van der Waals surface area contributed by atoms with Crippen LogP contribution in [0.5, 0.6) is 0 Å². The molecule has 2 rings (SSSR count). The minimum Gasteiger partial charge on any atom is -0.339 e. The van der Waals surface area contributed by atoms with E-state index >= 15 is 0 Å². The summed E-state index contributed by atoms with van der Waals surface area (Å²) in [6, 6.07) is 0.168. The molecule has 1 saturated heterocycles. The molecule has 0 spiro atoms. The monoisotopic (exact) mass is 213 g/mol. The van der Waals surface area contributed by atoms with Crippen LogP contribution in [0.25, 0.3) is 0 Å². The van der Waals surface area contributed by atoms with E-state index in [1.807, 2.05) is 25.7 Å². The fraction of sp³-hybridized carbons (Fsp3) is 0.778. The first-order valence-corrected chi connectivity index (χ1v) is 6.05. The third-order valence-electron chi connectivity index (χ3n) is 2.56. The largest absolute Gasteiger partial charge is 0.339 e. The van der Waals surface area contributed by atoms with E-state index in [1.54, 1.807) is 0 Å². The van der Waals surface area contributed by atoms with Crippen LogP contribution in [0.3, 0.4) is 0 Å². The first-order valence-electron chi connectivity index (χ1n) is 4.89. The Balaban J connectivity index is 2.08. The summed E-state index contributed by atoms with van der Waals surface area (Å²) in [5.74, 6) is 4.39. The Morgan fingerprint density at radius 1 is 1.64 bits per heavy atom. The lowest BCUT2D eigenvalue weighted by atomic mass is 10.1. The van der Waals surface area contributed by atoms with Gasteiger partial charge in [-0.1, -0.05) is 5.16 Å². The van der Waals surface area contributed by atoms with Gasteiger partial charge in [0.15, 0.2) is 5.82 Å². The summed E-state index contributed by atoms with van der Waals surface area (Å²) in [6.45, 7) is 2.03. The Bertz CT molecular complexity index is 296. The molecule has 5 heteroatoms. The average Bonchev–Trinajstić information content (AvgIpc) is 2.86. The Kier molecular flexibility index (Phi) is 3.08. The highest BCUT2D eigenvalue weighted by Crippen LogP contribution is 2.31. The van der Waals surface area contributed by atoms with E-state index in [0.717, 1.165) is 17.5 Å². The van der Waals surface area contributed by atoms with E-state index < -0.39 is 0 Å². The van der Waals surface area contributed by atoms with Gasteiger partial charge >= 0.3 is 0 Å². The molecule has 2 atom stereocenters. The van der Waals surface area contributed by atoms with Crippen molar-refractivity contribution in [3.63, 3.8) is 0 Å². The normalized spacial score (nSPS) is 24.0. The third kappa shape index (κ3) is 1.93. The summed E-state index contributed by atoms with van der Waals surface area (Å²) in [6.07, 6.45) is 1.17. The van der Waals surface area contributed by atoms with Gasteiger partial charge in [0, 0.05) is 11.7 Å². The maximum atomic E-state index is 5.26. The number of rotatable bonds is 3. The fourth-order valence-corrected chi connectivity index (χ4v) is 2.66. The zero-order valence-corrected chi connectivity index (χ0v) is 9.30. The number of hydrogen-bond acceptors (Lipinski definition) is 5. The zero-order chi connectivity index (χ0) is 9.97. The van der Waals surface area contributed by atoms with Gasteiger partial charge in [-0.15, -0.1) is 0 Å². The smallest absolute Gasteiger partial charge is 0.230 e. The highest BCUT2D eigenvalue weighted by molar-refractivity contribution is 7.99. The lowest BCUT2D eigenvalue weighted by Gasteiger charge is -2.02. The topological polar surface area (TPSA) is 51.0 Å². The van der Waals surface area contributed by atoms with Gasteiger partial charge in [-0.2, -0.15) is 16.7 Å². The lowest BCUT2D eigenvalue weighted by Crippen LogP contribution is -2.13. The van der Waals surface area contributed by atoms with Crippen molar-refractivity contribution in [3.8, 4) is 0 Å². The second kappa shape index (κ2) is 4.31. The standard InChI is InChI=1S/C9H15N3OS/c1-6(10-2)8-11-9(13-12-8)7-3-4-14-5-7/h6-7,10H,3-5H2,1-2H3. The summed E-state index contributed by atoms with van der Waals surface area (Å²) in [5.41, 5.74) is 0. The minimum atomic E-state index is 0.168. The molecule has 0 aromatic carbocycles. The zero-order valence-electron chi connectivity index (χ0n) is 8.49. The van der Waals surface area contributed by atoms with Crippen molar-refractivity contribution in [2.45, 2.75) is 25.3 Å². The van der Waals surface area contributed by atoms with Crippen LogP contribution in [0, 0.1) is 0 Å². The van der Waals surface area contributed by atoms with Crippen LogP contribution in [0.2, 0.25) is 0 Å². The molecule has 1 aromatic rings. The molecular formula is C9H15N3OS. The van der Waals surface area contributed by atoms with Crippen molar-refractivity contribution in [2.24, 2.45) is 0 Å². The van der Waals surface area contributed by atoms with E-state index in [2.05, 4.69) is 15.5 Å². The second-order valence-electron chi connectivity index (χ2n) is 3.56. The molecule has 1 aliphatic heterocycles. The van der Waals surface area contributed by atoms with Crippen molar-refractivity contribution >= 4 is 11.8 Å². The highest BCUT2D eigenvalue weighted by atomic mass is 32.2. The van der Waals surface area contributed by atoms with Crippen molar-refractivity contribution in [1.82, 2.24) is 15.5 Å². The highest BCUT2D eigenvalue weighted by Gasteiger charge is 2.24. The molecule has 0 radical (unpaired) electrons. The minimum absolute atomic E-state index is 0.168. The van der Waals surface area contributed by atoms with Crippen LogP contribution in [0.4, 0.5) is 0 Å². The third-order valence-corrected chi connectivity index (χ3v) is 3.72. The molecule has 1 aliphatic rings. The van der Waals surface area contributed by atoms with Gasteiger partial charge in [0.05, 0.1) is 6.04 Å². The van der Waals surface area contributed by atoms with Crippen molar-refractivity contribution in [1.29, 1.82) is 0 Å². The Hall–Kier alpha value is -0.550. The van der Waals surface area contributed by atoms with Gasteiger partial charge in [0.1, 0.15) is 0 Å². The predicted octanol–water partition coefficient (Wildman–Crippen LogP) is 1.57. The average molecular weight is 213 g/mol. The SMILES string of the molecule is CNC(C)c1noc(C2CCSC2)n1. The van der Waals surface area contributed by atoms with Crippen molar-refractivity contribution in [2.75, 3.05) is 18.6 Å². The molecule has 1 N–H and O–H groups in total. The summed E-state index contributed by atoms with van der Waals surface area (Å²) >= 11 is 1.96. The van der Waals surface area contributed by atoms with Gasteiger partial charge in [-0.05, 0) is 26.1 Å². The van der Waals surface area contributed by atoms with Crippen molar-refractivity contribution in [3.05, 3.63) is 11.7 Å². The molecule has 1 aromatic heterocycles. The van der Waals surface area contributed by atoms with Gasteiger partial charge in [-0.25, -0.2) is 0 Å². The molecule has 0 bridgehead atoms. The molecule has 4 nitrogen and oxygen atoms in total. The maximum absolute atomic E-state index is 5.26. The van der Waals surface area contributed by atoms with Gasteiger partial charge < -0.3 is 9.84 Å². The first kappa shape index (κ1) is 9.98. The van der Waals surface area contributed by atoms with Gasteiger partial charge in [-0.3, -0.25) is 0 Å². The second-order valence-corrected chi connectivity index (χ2v) is 4.71. The summed E-state index contributed by atoms with van der Waals surface area (Å²) in [5, 5.41) is 7.07. The quantitative estimate of drug-likeness (QED) is 0.826. The molecule has 2 heterocycles. The summed E-state index contributed by atoms with van der Waals surface area (Å²) in [4.78, 5) is 4.41. The number of aromatic nitrogens is 2. The molecule has 78 valence electrons. The molecule has 0 amide bonds. The first-order chi connectivity index (χ1) is 6.81. The van der Waals surface area contributed by atoms with Crippen LogP contribution >= 0.6 is 11.8 Å². The van der Waals surface area contributed by atoms with Crippen LogP contribution in [0.15, 0.2) is 4.52 Å². The van der Waals surface area contributed by atoms with E-state index in [9.17, 15) is 0 Å². The predicted molar refractivity (Wildman–Crippen MR) is 56.5 cm³/mol. The molecule has 2 unspecified atom stereocenters. The molecule has 1 fully saturated rings. The van der Waals surface area contributed by atoms with Crippen LogP contribution < -0.4 is 5.32 Å². The summed E-state index contributed by atoms with van der Waals surface area (Å²) in [7, 11) is 1.89. The number of hydrogen-bond donors (Lipinski definition) is 1. The van der Waals surface area contributed by atoms with Gasteiger partial charge in [0.25, 0.3) is 0 Å². The van der Waals surface area contributed by atoms with Crippen molar-refractivity contribution < 1.29 is 4.52 Å². The molecular weight excluding hydrogens is 198 g/mol. The molecule has 0 saturated carbocycles. The van der Waals surface area contributed by atoms with E-state index in [4.69, 9.17) is 4.52 Å². The number of nitrogens with zero attached hydrogens (tertiary/aromatic N) is 2. The van der Waals surface area contributed by atoms with Crippen LogP contribution in [0.1, 0.15) is 37.0 Å². The Labute approximate surface area is 87.8 Å². The number of thioether (sulfide) groups is 1. The number of nitrogens with one attached hydrogen (secondary N) is 1. The van der Waals surface area contributed by atoms with E-state index in [-0.39, 0.29) is 6.04 Å². The molecule has 14 heavy (non-hydrogen) atoms. The van der Waals surface area contributed by atoms with Gasteiger partial charge in [0.2, 0.25) is 5.89 Å². The molecule has 0 aliphatic carbocycles. The van der Waals surface area contributed by atoms with E-state index in [1.165, 1.54) is 12.2 Å². The van der Waals surface area contributed by atoms with Crippen LogP contribution in [-0.2, 0) is 0 Å². The lowest BCUT2D eigenvalue weighted by molar-refractivity contribution is 0.353.